The number of nitrogens with one attached hydrogen (secondary N) is 1. The third-order valence-corrected chi connectivity index (χ3v) is 4.57. The van der Waals surface area contributed by atoms with E-state index in [4.69, 9.17) is 9.15 Å². The van der Waals surface area contributed by atoms with E-state index in [0.717, 1.165) is 5.39 Å². The summed E-state index contributed by atoms with van der Waals surface area (Å²) in [6, 6.07) is 13.3. The van der Waals surface area contributed by atoms with Crippen LogP contribution in [0.4, 0.5) is 4.39 Å². The number of benzene rings is 2. The minimum atomic E-state index is -0.647. The SMILES string of the molecule is Cn1ccnc1C(NC(=O)COc1ccc2ccc(=O)oc2c1)c1cccc(F)c1. The first kappa shape index (κ1) is 19.4. The Morgan fingerprint density at radius 3 is 2.83 bits per heavy atom. The van der Waals surface area contributed by atoms with E-state index >= 15 is 0 Å². The number of ether oxygens (including phenoxy) is 1. The molecule has 0 aliphatic rings. The molecule has 2 heterocycles. The number of carbonyl (C=O) groups excluding carboxylic acids is 1. The average Bonchev–Trinajstić information content (AvgIpc) is 3.15. The van der Waals surface area contributed by atoms with Crippen LogP contribution in [0.3, 0.4) is 0 Å². The highest BCUT2D eigenvalue weighted by molar-refractivity contribution is 5.79. The van der Waals surface area contributed by atoms with Crippen LogP contribution in [-0.4, -0.2) is 22.1 Å². The Hall–Kier alpha value is -3.94. The lowest BCUT2D eigenvalue weighted by Gasteiger charge is -2.19. The molecule has 1 unspecified atom stereocenters. The summed E-state index contributed by atoms with van der Waals surface area (Å²) in [7, 11) is 1.79. The molecule has 0 radical (unpaired) electrons. The monoisotopic (exact) mass is 407 g/mol. The van der Waals surface area contributed by atoms with Gasteiger partial charge in [-0.1, -0.05) is 12.1 Å². The Bertz CT molecular complexity index is 1260. The first-order chi connectivity index (χ1) is 14.5. The van der Waals surface area contributed by atoms with Crippen LogP contribution in [0.5, 0.6) is 5.75 Å². The predicted molar refractivity (Wildman–Crippen MR) is 108 cm³/mol. The normalized spacial score (nSPS) is 11.9. The molecular formula is C22H18FN3O4. The molecular weight excluding hydrogens is 389 g/mol. The summed E-state index contributed by atoms with van der Waals surface area (Å²) in [6.45, 7) is -0.279. The maximum Gasteiger partial charge on any atom is 0.336 e. The number of aryl methyl sites for hydroxylation is 1. The fourth-order valence-electron chi connectivity index (χ4n) is 3.12. The van der Waals surface area contributed by atoms with Gasteiger partial charge in [-0.3, -0.25) is 4.79 Å². The van der Waals surface area contributed by atoms with Crippen molar-refractivity contribution in [3.05, 3.63) is 94.6 Å². The molecule has 0 bridgehead atoms. The van der Waals surface area contributed by atoms with E-state index in [9.17, 15) is 14.0 Å². The van der Waals surface area contributed by atoms with Gasteiger partial charge in [-0.05, 0) is 35.9 Å². The molecule has 2 aromatic heterocycles. The number of halogens is 1. The lowest BCUT2D eigenvalue weighted by Crippen LogP contribution is -2.34. The second kappa shape index (κ2) is 8.20. The van der Waals surface area contributed by atoms with Gasteiger partial charge in [-0.2, -0.15) is 0 Å². The van der Waals surface area contributed by atoms with Gasteiger partial charge in [0.15, 0.2) is 6.61 Å². The molecule has 0 fully saturated rings. The van der Waals surface area contributed by atoms with Crippen molar-refractivity contribution in [2.75, 3.05) is 6.61 Å². The Kier molecular flexibility index (Phi) is 5.30. The van der Waals surface area contributed by atoms with Crippen molar-refractivity contribution in [2.45, 2.75) is 6.04 Å². The molecule has 0 aliphatic carbocycles. The first-order valence-corrected chi connectivity index (χ1v) is 9.18. The smallest absolute Gasteiger partial charge is 0.336 e. The number of fused-ring (bicyclic) bond motifs is 1. The Labute approximate surface area is 170 Å². The minimum absolute atomic E-state index is 0.279. The van der Waals surface area contributed by atoms with E-state index in [1.807, 2.05) is 0 Å². The van der Waals surface area contributed by atoms with Gasteiger partial charge in [0, 0.05) is 37.0 Å². The van der Waals surface area contributed by atoms with Crippen molar-refractivity contribution in [3.8, 4) is 5.75 Å². The molecule has 8 heteroatoms. The molecule has 1 N–H and O–H groups in total. The predicted octanol–water partition coefficient (Wildman–Crippen LogP) is 2.95. The number of nitrogens with zero attached hydrogens (tertiary/aromatic N) is 2. The Morgan fingerprint density at radius 2 is 2.07 bits per heavy atom. The van der Waals surface area contributed by atoms with Crippen LogP contribution in [0.15, 0.2) is 76.2 Å². The van der Waals surface area contributed by atoms with Crippen molar-refractivity contribution >= 4 is 16.9 Å². The fourth-order valence-corrected chi connectivity index (χ4v) is 3.12. The lowest BCUT2D eigenvalue weighted by molar-refractivity contribution is -0.123. The van der Waals surface area contributed by atoms with Crippen LogP contribution in [0, 0.1) is 5.82 Å². The standard InChI is InChI=1S/C22H18FN3O4/c1-26-10-9-24-22(26)21(15-3-2-4-16(23)11-15)25-19(27)13-29-17-7-5-14-6-8-20(28)30-18(14)12-17/h2-12,21H,13H2,1H3,(H,25,27). The molecule has 0 spiro atoms. The van der Waals surface area contributed by atoms with Gasteiger partial charge in [0.25, 0.3) is 5.91 Å². The zero-order valence-corrected chi connectivity index (χ0v) is 16.0. The molecule has 30 heavy (non-hydrogen) atoms. The maximum absolute atomic E-state index is 13.7. The van der Waals surface area contributed by atoms with Crippen molar-refractivity contribution < 1.29 is 18.3 Å². The molecule has 2 aromatic carbocycles. The number of rotatable bonds is 6. The van der Waals surface area contributed by atoms with Gasteiger partial charge in [0.2, 0.25) is 0 Å². The minimum Gasteiger partial charge on any atom is -0.484 e. The van der Waals surface area contributed by atoms with E-state index < -0.39 is 23.4 Å². The highest BCUT2D eigenvalue weighted by Gasteiger charge is 2.21. The Balaban J connectivity index is 1.50. The van der Waals surface area contributed by atoms with Crippen LogP contribution in [0.1, 0.15) is 17.4 Å². The summed E-state index contributed by atoms with van der Waals surface area (Å²) in [4.78, 5) is 28.2. The van der Waals surface area contributed by atoms with E-state index in [-0.39, 0.29) is 6.61 Å². The third-order valence-electron chi connectivity index (χ3n) is 4.57. The molecule has 1 atom stereocenters. The highest BCUT2D eigenvalue weighted by Crippen LogP contribution is 2.22. The van der Waals surface area contributed by atoms with Gasteiger partial charge in [-0.25, -0.2) is 14.2 Å². The molecule has 1 amide bonds. The van der Waals surface area contributed by atoms with Crippen molar-refractivity contribution in [1.29, 1.82) is 0 Å². The van der Waals surface area contributed by atoms with Crippen LogP contribution in [0.2, 0.25) is 0 Å². The van der Waals surface area contributed by atoms with Crippen LogP contribution in [-0.2, 0) is 11.8 Å². The molecule has 0 saturated heterocycles. The lowest BCUT2D eigenvalue weighted by atomic mass is 10.1. The molecule has 4 aromatic rings. The molecule has 0 saturated carbocycles. The zero-order valence-electron chi connectivity index (χ0n) is 16.0. The number of imidazole rings is 1. The van der Waals surface area contributed by atoms with Gasteiger partial charge < -0.3 is 19.0 Å². The van der Waals surface area contributed by atoms with Crippen LogP contribution in [0.25, 0.3) is 11.0 Å². The fraction of sp³-hybridized carbons (Fsp3) is 0.136. The molecule has 152 valence electrons. The topological polar surface area (TPSA) is 86.4 Å². The van der Waals surface area contributed by atoms with Crippen LogP contribution < -0.4 is 15.7 Å². The average molecular weight is 407 g/mol. The van der Waals surface area contributed by atoms with Gasteiger partial charge in [0.05, 0.1) is 0 Å². The number of amides is 1. The van der Waals surface area contributed by atoms with Crippen LogP contribution >= 0.6 is 0 Å². The van der Waals surface area contributed by atoms with E-state index in [0.29, 0.717) is 22.7 Å². The number of hydrogen-bond acceptors (Lipinski definition) is 5. The van der Waals surface area contributed by atoms with Gasteiger partial charge in [0.1, 0.15) is 29.0 Å². The van der Waals surface area contributed by atoms with Gasteiger partial charge in [-0.15, -0.1) is 0 Å². The highest BCUT2D eigenvalue weighted by atomic mass is 19.1. The summed E-state index contributed by atoms with van der Waals surface area (Å²) in [6.07, 6.45) is 3.35. The summed E-state index contributed by atoms with van der Waals surface area (Å²) < 4.78 is 26.2. The first-order valence-electron chi connectivity index (χ1n) is 9.18. The largest absolute Gasteiger partial charge is 0.484 e. The summed E-state index contributed by atoms with van der Waals surface area (Å²) in [5.41, 5.74) is 0.460. The molecule has 0 aliphatic heterocycles. The Morgan fingerprint density at radius 1 is 1.23 bits per heavy atom. The van der Waals surface area contributed by atoms with E-state index in [1.54, 1.807) is 60.4 Å². The van der Waals surface area contributed by atoms with Gasteiger partial charge >= 0.3 is 5.63 Å². The molecule has 4 rings (SSSR count). The van der Waals surface area contributed by atoms with Crippen molar-refractivity contribution in [1.82, 2.24) is 14.9 Å². The second-order valence-electron chi connectivity index (χ2n) is 6.69. The maximum atomic E-state index is 13.7. The number of hydrogen-bond donors (Lipinski definition) is 1. The van der Waals surface area contributed by atoms with E-state index in [2.05, 4.69) is 10.3 Å². The second-order valence-corrected chi connectivity index (χ2v) is 6.69. The zero-order chi connectivity index (χ0) is 21.1. The summed E-state index contributed by atoms with van der Waals surface area (Å²) in [5, 5.41) is 3.58. The quantitative estimate of drug-likeness (QED) is 0.497. The number of carbonyl (C=O) groups is 1. The number of aromatic nitrogens is 2. The summed E-state index contributed by atoms with van der Waals surface area (Å²) >= 11 is 0. The van der Waals surface area contributed by atoms with Crippen molar-refractivity contribution in [2.24, 2.45) is 7.05 Å². The molecule has 7 nitrogen and oxygen atoms in total. The van der Waals surface area contributed by atoms with Crippen molar-refractivity contribution in [3.63, 3.8) is 0 Å². The van der Waals surface area contributed by atoms with E-state index in [1.165, 1.54) is 18.2 Å². The third kappa shape index (κ3) is 4.22. The summed E-state index contributed by atoms with van der Waals surface area (Å²) in [5.74, 6) is 0.115.